The molecular weight excluding hydrogens is 360 g/mol. The first kappa shape index (κ1) is 18.2. The zero-order valence-corrected chi connectivity index (χ0v) is 15.8. The summed E-state index contributed by atoms with van der Waals surface area (Å²) >= 11 is 0. The van der Waals surface area contributed by atoms with E-state index in [1.807, 2.05) is 6.92 Å². The van der Waals surface area contributed by atoms with E-state index in [-0.39, 0.29) is 63.5 Å². The fraction of sp³-hybridized carbons (Fsp3) is 0.318. The maximum atomic E-state index is 13.2. The van der Waals surface area contributed by atoms with Crippen molar-refractivity contribution in [1.82, 2.24) is 0 Å². The third-order valence-corrected chi connectivity index (χ3v) is 5.92. The highest BCUT2D eigenvalue weighted by molar-refractivity contribution is 6.31. The third-order valence-electron chi connectivity index (χ3n) is 5.92. The van der Waals surface area contributed by atoms with Crippen LogP contribution in [0.1, 0.15) is 69.2 Å². The number of ketones is 3. The maximum absolute atomic E-state index is 13.2. The first-order valence-electron chi connectivity index (χ1n) is 9.15. The van der Waals surface area contributed by atoms with Crippen molar-refractivity contribution in [2.45, 2.75) is 32.6 Å². The van der Waals surface area contributed by atoms with E-state index in [4.69, 9.17) is 4.74 Å². The summed E-state index contributed by atoms with van der Waals surface area (Å²) in [5, 5.41) is 21.9. The molecule has 0 radical (unpaired) electrons. The average molecular weight is 380 g/mol. The van der Waals surface area contributed by atoms with Crippen LogP contribution in [0.2, 0.25) is 0 Å². The van der Waals surface area contributed by atoms with Gasteiger partial charge in [-0.3, -0.25) is 14.4 Å². The number of Topliss-reactive ketones (excluding diaryl/α,β-unsaturated/α-hetero) is 1. The van der Waals surface area contributed by atoms with Crippen molar-refractivity contribution in [2.24, 2.45) is 5.92 Å². The first-order chi connectivity index (χ1) is 13.3. The molecule has 0 fully saturated rings. The lowest BCUT2D eigenvalue weighted by Crippen LogP contribution is -2.27. The number of fused-ring (bicyclic) bond motifs is 3. The van der Waals surface area contributed by atoms with Gasteiger partial charge in [-0.25, -0.2) is 0 Å². The monoisotopic (exact) mass is 380 g/mol. The number of benzene rings is 2. The molecule has 2 aromatic carbocycles. The molecule has 4 rings (SSSR count). The highest BCUT2D eigenvalue weighted by Gasteiger charge is 2.42. The highest BCUT2D eigenvalue weighted by atomic mass is 16.5. The molecule has 0 saturated carbocycles. The predicted octanol–water partition coefficient (Wildman–Crippen LogP) is 3.14. The van der Waals surface area contributed by atoms with E-state index in [0.717, 1.165) is 0 Å². The zero-order chi connectivity index (χ0) is 20.3. The Kier molecular flexibility index (Phi) is 4.03. The largest absolute Gasteiger partial charge is 0.507 e. The fourth-order valence-corrected chi connectivity index (χ4v) is 4.54. The van der Waals surface area contributed by atoms with Crippen LogP contribution in [0, 0.1) is 5.92 Å². The normalized spacial score (nSPS) is 20.2. The summed E-state index contributed by atoms with van der Waals surface area (Å²) in [6.45, 7) is 3.33. The van der Waals surface area contributed by atoms with E-state index in [2.05, 4.69) is 0 Å². The Balaban J connectivity index is 2.02. The molecule has 28 heavy (non-hydrogen) atoms. The summed E-state index contributed by atoms with van der Waals surface area (Å²) in [5.74, 6) is -2.01. The molecular formula is C22H20O6. The molecule has 2 aliphatic rings. The Bertz CT molecular complexity index is 1070. The van der Waals surface area contributed by atoms with E-state index in [1.54, 1.807) is 12.1 Å². The van der Waals surface area contributed by atoms with Crippen LogP contribution in [0.5, 0.6) is 17.2 Å². The Morgan fingerprint density at radius 2 is 1.75 bits per heavy atom. The van der Waals surface area contributed by atoms with Crippen molar-refractivity contribution in [3.8, 4) is 17.2 Å². The van der Waals surface area contributed by atoms with Gasteiger partial charge in [0.25, 0.3) is 0 Å². The topological polar surface area (TPSA) is 101 Å². The summed E-state index contributed by atoms with van der Waals surface area (Å²) in [6, 6.07) is 4.67. The second kappa shape index (κ2) is 6.19. The molecule has 6 nitrogen and oxygen atoms in total. The molecule has 144 valence electrons. The number of carbonyl (C=O) groups is 3. The molecule has 0 aromatic heterocycles. The zero-order valence-electron chi connectivity index (χ0n) is 15.8. The van der Waals surface area contributed by atoms with Crippen LogP contribution in [0.25, 0.3) is 0 Å². The average Bonchev–Trinajstić information content (AvgIpc) is 2.67. The van der Waals surface area contributed by atoms with Gasteiger partial charge in [0.05, 0.1) is 23.8 Å². The van der Waals surface area contributed by atoms with Gasteiger partial charge in [-0.05, 0) is 31.7 Å². The third kappa shape index (κ3) is 2.30. The van der Waals surface area contributed by atoms with E-state index >= 15 is 0 Å². The summed E-state index contributed by atoms with van der Waals surface area (Å²) in [6.07, 6.45) is 0.740. The van der Waals surface area contributed by atoms with E-state index in [0.29, 0.717) is 17.5 Å². The molecule has 2 atom stereocenters. The van der Waals surface area contributed by atoms with Crippen molar-refractivity contribution in [2.75, 3.05) is 7.11 Å². The minimum atomic E-state index is -0.557. The highest BCUT2D eigenvalue weighted by Crippen LogP contribution is 2.50. The van der Waals surface area contributed by atoms with Gasteiger partial charge in [0.2, 0.25) is 5.78 Å². The van der Waals surface area contributed by atoms with Crippen molar-refractivity contribution in [3.63, 3.8) is 0 Å². The molecule has 6 heteroatoms. The van der Waals surface area contributed by atoms with Crippen LogP contribution < -0.4 is 4.74 Å². The SMILES string of the molecule is COc1cccc2c1C(=O)c1c(O)c3c(c(O)c1C2=O)C[C@@H](C(C)=O)CC3C. The smallest absolute Gasteiger partial charge is 0.202 e. The second-order valence-corrected chi connectivity index (χ2v) is 7.53. The molecule has 0 spiro atoms. The van der Waals surface area contributed by atoms with E-state index in [1.165, 1.54) is 20.1 Å². The van der Waals surface area contributed by atoms with Crippen LogP contribution in [0.4, 0.5) is 0 Å². The fourth-order valence-electron chi connectivity index (χ4n) is 4.54. The Morgan fingerprint density at radius 1 is 1.07 bits per heavy atom. The lowest BCUT2D eigenvalue weighted by atomic mass is 9.71. The number of carbonyl (C=O) groups excluding carboxylic acids is 3. The van der Waals surface area contributed by atoms with Crippen LogP contribution in [0.3, 0.4) is 0 Å². The summed E-state index contributed by atoms with van der Waals surface area (Å²) < 4.78 is 5.24. The van der Waals surface area contributed by atoms with Gasteiger partial charge in [0.1, 0.15) is 23.0 Å². The molecule has 0 saturated heterocycles. The van der Waals surface area contributed by atoms with Crippen LogP contribution in [-0.4, -0.2) is 34.7 Å². The minimum Gasteiger partial charge on any atom is -0.507 e. The first-order valence-corrected chi connectivity index (χ1v) is 9.15. The van der Waals surface area contributed by atoms with E-state index < -0.39 is 11.6 Å². The lowest BCUT2D eigenvalue weighted by Gasteiger charge is -2.32. The van der Waals surface area contributed by atoms with Crippen molar-refractivity contribution < 1.29 is 29.3 Å². The molecule has 0 heterocycles. The number of methoxy groups -OCH3 is 1. The number of hydrogen-bond donors (Lipinski definition) is 2. The summed E-state index contributed by atoms with van der Waals surface area (Å²) in [7, 11) is 1.40. The molecule has 0 bridgehead atoms. The Hall–Kier alpha value is -3.15. The van der Waals surface area contributed by atoms with E-state index in [9.17, 15) is 24.6 Å². The molecule has 1 unspecified atom stereocenters. The van der Waals surface area contributed by atoms with Gasteiger partial charge >= 0.3 is 0 Å². The Morgan fingerprint density at radius 3 is 2.39 bits per heavy atom. The van der Waals surface area contributed by atoms with Crippen LogP contribution in [0.15, 0.2) is 18.2 Å². The van der Waals surface area contributed by atoms with Gasteiger partial charge in [-0.2, -0.15) is 0 Å². The molecule has 2 aromatic rings. The summed E-state index contributed by atoms with van der Waals surface area (Å²) in [4.78, 5) is 38.3. The van der Waals surface area contributed by atoms with Gasteiger partial charge in [-0.15, -0.1) is 0 Å². The lowest BCUT2D eigenvalue weighted by molar-refractivity contribution is -0.121. The Labute approximate surface area is 161 Å². The number of phenolic OH excluding ortho intramolecular Hbond substituents is 2. The minimum absolute atomic E-state index is 0.00778. The number of hydrogen-bond acceptors (Lipinski definition) is 6. The van der Waals surface area contributed by atoms with Crippen molar-refractivity contribution >= 4 is 17.3 Å². The van der Waals surface area contributed by atoms with Gasteiger partial charge in [-0.1, -0.05) is 19.1 Å². The standard InChI is InChI=1S/C22H20O6/c1-9-7-11(10(2)23)8-13-15(9)21(26)18-17(20(13)25)19(24)12-5-4-6-14(28-3)16(12)22(18)27/h4-6,9,11,25-26H,7-8H2,1-3H3/t9?,11-/m0/s1. The molecule has 0 aliphatic heterocycles. The molecule has 2 aliphatic carbocycles. The van der Waals surface area contributed by atoms with Crippen LogP contribution >= 0.6 is 0 Å². The quantitative estimate of drug-likeness (QED) is 0.663. The van der Waals surface area contributed by atoms with Gasteiger partial charge in [0.15, 0.2) is 5.78 Å². The van der Waals surface area contributed by atoms with Crippen LogP contribution in [-0.2, 0) is 11.2 Å². The predicted molar refractivity (Wildman–Crippen MR) is 101 cm³/mol. The van der Waals surface area contributed by atoms with Crippen molar-refractivity contribution in [1.29, 1.82) is 0 Å². The second-order valence-electron chi connectivity index (χ2n) is 7.53. The van der Waals surface area contributed by atoms with Gasteiger partial charge < -0.3 is 14.9 Å². The number of rotatable bonds is 2. The number of ether oxygens (including phenoxy) is 1. The molecule has 0 amide bonds. The number of aromatic hydroxyl groups is 2. The number of phenols is 2. The maximum Gasteiger partial charge on any atom is 0.202 e. The van der Waals surface area contributed by atoms with Crippen molar-refractivity contribution in [3.05, 3.63) is 51.6 Å². The van der Waals surface area contributed by atoms with Gasteiger partial charge in [0, 0.05) is 22.6 Å². The summed E-state index contributed by atoms with van der Waals surface area (Å²) in [5.41, 5.74) is 0.640. The molecule has 2 N–H and O–H groups in total.